The van der Waals surface area contributed by atoms with E-state index in [1.807, 2.05) is 30.3 Å². The van der Waals surface area contributed by atoms with Crippen LogP contribution in [0, 0.1) is 0 Å². The first-order chi connectivity index (χ1) is 10.8. The highest BCUT2D eigenvalue weighted by Crippen LogP contribution is 2.31. The van der Waals surface area contributed by atoms with Gasteiger partial charge < -0.3 is 10.4 Å². The van der Waals surface area contributed by atoms with Crippen LogP contribution in [0.3, 0.4) is 0 Å². The third-order valence-electron chi connectivity index (χ3n) is 3.74. The number of halogens is 1. The van der Waals surface area contributed by atoms with Crippen LogP contribution < -0.4 is 5.32 Å². The second-order valence-electron chi connectivity index (χ2n) is 5.25. The van der Waals surface area contributed by atoms with Gasteiger partial charge in [0, 0.05) is 22.3 Å². The van der Waals surface area contributed by atoms with Crippen LogP contribution in [0.5, 0.6) is 0 Å². The predicted octanol–water partition coefficient (Wildman–Crippen LogP) is 4.42. The molecule has 0 aliphatic rings. The number of hydrogen-bond acceptors (Lipinski definition) is 3. The number of nitrogens with one attached hydrogen (secondary N) is 1. The number of aliphatic hydroxyl groups is 1. The average Bonchev–Trinajstić information content (AvgIpc) is 2.94. The zero-order valence-corrected chi connectivity index (χ0v) is 13.7. The Morgan fingerprint density at radius 1 is 1.14 bits per heavy atom. The van der Waals surface area contributed by atoms with Crippen LogP contribution in [-0.4, -0.2) is 18.3 Å². The predicted molar refractivity (Wildman–Crippen MR) is 94.8 cm³/mol. The molecule has 0 fully saturated rings. The Balaban J connectivity index is 1.90. The molecule has 1 aromatic heterocycles. The number of rotatable bonds is 6. The summed E-state index contributed by atoms with van der Waals surface area (Å²) in [5, 5.41) is 16.7. The van der Waals surface area contributed by atoms with E-state index in [9.17, 15) is 0 Å². The third-order valence-corrected chi connectivity index (χ3v) is 4.99. The van der Waals surface area contributed by atoms with Gasteiger partial charge in [-0.3, -0.25) is 0 Å². The Morgan fingerprint density at radius 3 is 2.73 bits per heavy atom. The van der Waals surface area contributed by atoms with E-state index in [0.717, 1.165) is 11.4 Å². The largest absolute Gasteiger partial charge is 0.395 e. The molecular formula is C18H18ClNOS. The second-order valence-corrected chi connectivity index (χ2v) is 6.59. The van der Waals surface area contributed by atoms with Crippen molar-refractivity contribution in [2.75, 3.05) is 13.2 Å². The molecule has 2 nitrogen and oxygen atoms in total. The lowest BCUT2D eigenvalue weighted by Gasteiger charge is -2.18. The number of benzene rings is 2. The molecule has 0 bridgehead atoms. The zero-order chi connectivity index (χ0) is 15.4. The molecule has 22 heavy (non-hydrogen) atoms. The summed E-state index contributed by atoms with van der Waals surface area (Å²) in [7, 11) is 0. The van der Waals surface area contributed by atoms with Crippen molar-refractivity contribution in [2.45, 2.75) is 12.5 Å². The molecule has 2 N–H and O–H groups in total. The molecule has 0 spiro atoms. The van der Waals surface area contributed by atoms with E-state index < -0.39 is 0 Å². The first-order valence-corrected chi connectivity index (χ1v) is 8.58. The lowest BCUT2D eigenvalue weighted by molar-refractivity contribution is 0.284. The third kappa shape index (κ3) is 3.50. The normalized spacial score (nSPS) is 12.6. The molecule has 3 aromatic rings. The number of aliphatic hydroxyl groups excluding tert-OH is 1. The van der Waals surface area contributed by atoms with Gasteiger partial charge in [0.2, 0.25) is 0 Å². The first-order valence-electron chi connectivity index (χ1n) is 7.33. The van der Waals surface area contributed by atoms with Crippen LogP contribution in [0.25, 0.3) is 10.1 Å². The van der Waals surface area contributed by atoms with E-state index >= 15 is 0 Å². The molecule has 1 atom stereocenters. The molecule has 0 saturated heterocycles. The van der Waals surface area contributed by atoms with Crippen LogP contribution in [0.15, 0.2) is 53.9 Å². The van der Waals surface area contributed by atoms with Crippen LogP contribution in [0.2, 0.25) is 5.02 Å². The Hall–Kier alpha value is -1.39. The maximum atomic E-state index is 9.12. The SMILES string of the molecule is OCCNC(Cc1csc2ccc(Cl)cc12)c1ccccc1. The molecule has 0 aliphatic heterocycles. The zero-order valence-electron chi connectivity index (χ0n) is 12.1. The van der Waals surface area contributed by atoms with E-state index in [0.29, 0.717) is 6.54 Å². The Labute approximate surface area is 139 Å². The van der Waals surface area contributed by atoms with E-state index in [2.05, 4.69) is 28.9 Å². The van der Waals surface area contributed by atoms with Gasteiger partial charge >= 0.3 is 0 Å². The van der Waals surface area contributed by atoms with Crippen molar-refractivity contribution in [1.29, 1.82) is 0 Å². The number of fused-ring (bicyclic) bond motifs is 1. The van der Waals surface area contributed by atoms with Gasteiger partial charge in [-0.1, -0.05) is 41.9 Å². The summed E-state index contributed by atoms with van der Waals surface area (Å²) < 4.78 is 1.26. The van der Waals surface area contributed by atoms with E-state index in [1.54, 1.807) is 11.3 Å². The molecule has 0 saturated carbocycles. The molecule has 0 amide bonds. The fourth-order valence-corrected chi connectivity index (χ4v) is 3.79. The second kappa shape index (κ2) is 7.25. The fourth-order valence-electron chi connectivity index (χ4n) is 2.66. The first kappa shape index (κ1) is 15.5. The number of hydrogen-bond donors (Lipinski definition) is 2. The maximum absolute atomic E-state index is 9.12. The van der Waals surface area contributed by atoms with Gasteiger partial charge in [0.05, 0.1) is 6.61 Å². The van der Waals surface area contributed by atoms with Crippen LogP contribution in [0.1, 0.15) is 17.2 Å². The minimum atomic E-state index is 0.138. The van der Waals surface area contributed by atoms with Crippen LogP contribution >= 0.6 is 22.9 Å². The van der Waals surface area contributed by atoms with Gasteiger partial charge in [-0.25, -0.2) is 0 Å². The lowest BCUT2D eigenvalue weighted by Crippen LogP contribution is -2.26. The van der Waals surface area contributed by atoms with Crippen molar-refractivity contribution in [3.63, 3.8) is 0 Å². The standard InChI is InChI=1S/C18H18ClNOS/c19-15-6-7-18-16(11-15)14(12-22-18)10-17(20-8-9-21)13-4-2-1-3-5-13/h1-7,11-12,17,20-21H,8-10H2. The van der Waals surface area contributed by atoms with Crippen molar-refractivity contribution >= 4 is 33.0 Å². The van der Waals surface area contributed by atoms with Gasteiger partial charge in [-0.2, -0.15) is 0 Å². The molecule has 2 aromatic carbocycles. The molecule has 1 heterocycles. The molecule has 1 unspecified atom stereocenters. The van der Waals surface area contributed by atoms with E-state index in [4.69, 9.17) is 16.7 Å². The summed E-state index contributed by atoms with van der Waals surface area (Å²) in [5.41, 5.74) is 2.53. The van der Waals surface area contributed by atoms with Crippen molar-refractivity contribution in [3.8, 4) is 0 Å². The van der Waals surface area contributed by atoms with Gasteiger partial charge in [0.1, 0.15) is 0 Å². The molecule has 3 rings (SSSR count). The van der Waals surface area contributed by atoms with Crippen molar-refractivity contribution in [1.82, 2.24) is 5.32 Å². The van der Waals surface area contributed by atoms with Crippen LogP contribution in [0.4, 0.5) is 0 Å². The lowest BCUT2D eigenvalue weighted by atomic mass is 9.98. The monoisotopic (exact) mass is 331 g/mol. The van der Waals surface area contributed by atoms with Crippen molar-refractivity contribution in [2.24, 2.45) is 0 Å². The summed E-state index contributed by atoms with van der Waals surface area (Å²) in [4.78, 5) is 0. The highest BCUT2D eigenvalue weighted by Gasteiger charge is 2.14. The van der Waals surface area contributed by atoms with Crippen LogP contribution in [-0.2, 0) is 6.42 Å². The molecular weight excluding hydrogens is 314 g/mol. The number of thiophene rings is 1. The minimum Gasteiger partial charge on any atom is -0.395 e. The van der Waals surface area contributed by atoms with Gasteiger partial charge in [0.25, 0.3) is 0 Å². The van der Waals surface area contributed by atoms with Gasteiger partial charge in [-0.05, 0) is 46.5 Å². The van der Waals surface area contributed by atoms with Gasteiger partial charge in [-0.15, -0.1) is 11.3 Å². The topological polar surface area (TPSA) is 32.3 Å². The molecule has 0 aliphatic carbocycles. The maximum Gasteiger partial charge on any atom is 0.0556 e. The Bertz CT molecular complexity index is 741. The summed E-state index contributed by atoms with van der Waals surface area (Å²) in [6.07, 6.45) is 0.879. The summed E-state index contributed by atoms with van der Waals surface area (Å²) >= 11 is 7.89. The highest BCUT2D eigenvalue weighted by atomic mass is 35.5. The van der Waals surface area contributed by atoms with Crippen molar-refractivity contribution in [3.05, 3.63) is 70.1 Å². The molecule has 114 valence electrons. The smallest absolute Gasteiger partial charge is 0.0556 e. The van der Waals surface area contributed by atoms with Crippen molar-refractivity contribution < 1.29 is 5.11 Å². The molecule has 4 heteroatoms. The molecule has 0 radical (unpaired) electrons. The fraction of sp³-hybridized carbons (Fsp3) is 0.222. The Morgan fingerprint density at radius 2 is 1.95 bits per heavy atom. The van der Waals surface area contributed by atoms with E-state index in [1.165, 1.54) is 21.2 Å². The average molecular weight is 332 g/mol. The van der Waals surface area contributed by atoms with Gasteiger partial charge in [0.15, 0.2) is 0 Å². The summed E-state index contributed by atoms with van der Waals surface area (Å²) in [6, 6.07) is 16.6. The van der Waals surface area contributed by atoms with E-state index in [-0.39, 0.29) is 12.6 Å². The highest BCUT2D eigenvalue weighted by molar-refractivity contribution is 7.17. The summed E-state index contributed by atoms with van der Waals surface area (Å²) in [6.45, 7) is 0.724. The summed E-state index contributed by atoms with van der Waals surface area (Å²) in [5.74, 6) is 0. The minimum absolute atomic E-state index is 0.138. The quantitative estimate of drug-likeness (QED) is 0.700. The Kier molecular flexibility index (Phi) is 5.11.